The van der Waals surface area contributed by atoms with Gasteiger partial charge < -0.3 is 5.32 Å². The first-order chi connectivity index (χ1) is 6.29. The second kappa shape index (κ2) is 4.13. The van der Waals surface area contributed by atoms with Gasteiger partial charge in [-0.25, -0.2) is 0 Å². The number of nitrogens with zero attached hydrogens (tertiary/aromatic N) is 3. The molecule has 1 aromatic rings. The molecule has 0 bridgehead atoms. The summed E-state index contributed by atoms with van der Waals surface area (Å²) < 4.78 is 0. The third-order valence-corrected chi connectivity index (χ3v) is 1.56. The zero-order valence-electron chi connectivity index (χ0n) is 7.06. The maximum Gasteiger partial charge on any atom is 0.251 e. The summed E-state index contributed by atoms with van der Waals surface area (Å²) in [6.07, 6.45) is 0. The molecule has 0 aliphatic rings. The van der Waals surface area contributed by atoms with Crippen LogP contribution >= 0.6 is 0 Å². The number of carbonyl (C=O) groups is 1. The van der Waals surface area contributed by atoms with Crippen LogP contribution in [0, 0.1) is 0 Å². The lowest BCUT2D eigenvalue weighted by atomic mass is 10.2. The molecular weight excluding hydrogens is 168 g/mol. The topological polar surface area (TPSA) is 77.9 Å². The average molecular weight is 176 g/mol. The van der Waals surface area contributed by atoms with Crippen LogP contribution in [0.4, 0.5) is 5.69 Å². The molecule has 1 aromatic carbocycles. The highest BCUT2D eigenvalue weighted by Gasteiger charge is 2.06. The summed E-state index contributed by atoms with van der Waals surface area (Å²) in [6, 6.07) is 6.84. The summed E-state index contributed by atoms with van der Waals surface area (Å²) in [5.41, 5.74) is 9.11. The summed E-state index contributed by atoms with van der Waals surface area (Å²) in [4.78, 5) is 13.6. The molecule has 0 spiro atoms. The van der Waals surface area contributed by atoms with Crippen molar-refractivity contribution in [2.45, 2.75) is 0 Å². The molecule has 0 atom stereocenters. The van der Waals surface area contributed by atoms with Crippen molar-refractivity contribution in [3.05, 3.63) is 40.3 Å². The molecule has 0 aliphatic carbocycles. The molecule has 0 aromatic heterocycles. The first kappa shape index (κ1) is 9.09. The molecule has 1 amide bonds. The fourth-order valence-corrected chi connectivity index (χ4v) is 0.982. The van der Waals surface area contributed by atoms with Crippen molar-refractivity contribution in [3.63, 3.8) is 0 Å². The number of hydrogen-bond donors (Lipinski definition) is 1. The molecule has 5 nitrogen and oxygen atoms in total. The Balaban J connectivity index is 3.12. The highest BCUT2D eigenvalue weighted by atomic mass is 16.1. The van der Waals surface area contributed by atoms with E-state index in [1.807, 2.05) is 0 Å². The van der Waals surface area contributed by atoms with Crippen LogP contribution in [-0.4, -0.2) is 13.0 Å². The van der Waals surface area contributed by atoms with Gasteiger partial charge in [-0.2, -0.15) is 0 Å². The van der Waals surface area contributed by atoms with E-state index in [1.54, 1.807) is 31.3 Å². The van der Waals surface area contributed by atoms with Crippen LogP contribution in [0.1, 0.15) is 10.4 Å². The lowest BCUT2D eigenvalue weighted by Gasteiger charge is -2.03. The minimum Gasteiger partial charge on any atom is -0.388 e. The lowest BCUT2D eigenvalue weighted by molar-refractivity contribution is 0.100. The van der Waals surface area contributed by atoms with Crippen molar-refractivity contribution in [3.8, 4) is 0 Å². The lowest BCUT2D eigenvalue weighted by Crippen LogP contribution is -1.99. The van der Waals surface area contributed by atoms with Crippen molar-refractivity contribution in [2.24, 2.45) is 5.11 Å². The van der Waals surface area contributed by atoms with Gasteiger partial charge >= 0.3 is 0 Å². The van der Waals surface area contributed by atoms with Crippen LogP contribution < -0.4 is 5.32 Å². The minimum atomic E-state index is -0.576. The normalized spacial score (nSPS) is 8.69. The molecule has 1 rings (SSSR count). The Hall–Kier alpha value is -2.00. The van der Waals surface area contributed by atoms with Gasteiger partial charge in [0.1, 0.15) is 0 Å². The molecule has 5 heteroatoms. The second-order valence-electron chi connectivity index (χ2n) is 2.29. The molecular formula is C8H8N4O. The number of azide groups is 1. The smallest absolute Gasteiger partial charge is 0.251 e. The van der Waals surface area contributed by atoms with Crippen LogP contribution in [0.2, 0.25) is 0 Å². The number of rotatable bonds is 2. The number of hydrogen-bond acceptors (Lipinski definition) is 2. The van der Waals surface area contributed by atoms with E-state index in [0.29, 0.717) is 11.3 Å². The van der Waals surface area contributed by atoms with Crippen LogP contribution in [0.5, 0.6) is 0 Å². The zero-order chi connectivity index (χ0) is 9.68. The van der Waals surface area contributed by atoms with Crippen molar-refractivity contribution < 1.29 is 4.79 Å². The summed E-state index contributed by atoms with van der Waals surface area (Å²) in [7, 11) is 1.70. The van der Waals surface area contributed by atoms with Crippen LogP contribution in [-0.2, 0) is 0 Å². The van der Waals surface area contributed by atoms with Crippen LogP contribution in [0.25, 0.3) is 10.4 Å². The van der Waals surface area contributed by atoms with Gasteiger partial charge in [0.15, 0.2) is 0 Å². The Labute approximate surface area is 75.0 Å². The Morgan fingerprint density at radius 1 is 1.54 bits per heavy atom. The predicted octanol–water partition coefficient (Wildman–Crippen LogP) is 2.18. The van der Waals surface area contributed by atoms with Crippen molar-refractivity contribution >= 4 is 11.6 Å². The molecule has 0 unspecified atom stereocenters. The molecule has 0 aliphatic heterocycles. The molecule has 1 N–H and O–H groups in total. The van der Waals surface area contributed by atoms with Gasteiger partial charge in [-0.15, -0.1) is 0 Å². The SMILES string of the molecule is CNc1ccccc1C(=O)N=[N+]=[N-]. The standard InChI is InChI=1S/C8H8N4O/c1-10-7-5-3-2-4-6(7)8(13)11-12-9/h2-5,10H,1H3. The second-order valence-corrected chi connectivity index (χ2v) is 2.29. The van der Waals surface area contributed by atoms with E-state index in [4.69, 9.17) is 5.53 Å². The Bertz CT molecular complexity index is 368. The van der Waals surface area contributed by atoms with E-state index in [-0.39, 0.29) is 0 Å². The van der Waals surface area contributed by atoms with Crippen molar-refractivity contribution in [1.82, 2.24) is 0 Å². The monoisotopic (exact) mass is 176 g/mol. The first-order valence-electron chi connectivity index (χ1n) is 3.66. The largest absolute Gasteiger partial charge is 0.388 e. The van der Waals surface area contributed by atoms with Crippen molar-refractivity contribution in [2.75, 3.05) is 12.4 Å². The molecule has 0 fully saturated rings. The summed E-state index contributed by atoms with van der Waals surface area (Å²) in [6.45, 7) is 0. The van der Waals surface area contributed by atoms with Gasteiger partial charge in [0.05, 0.1) is 0 Å². The third-order valence-electron chi connectivity index (χ3n) is 1.56. The zero-order valence-corrected chi connectivity index (χ0v) is 7.06. The van der Waals surface area contributed by atoms with Crippen LogP contribution in [0.15, 0.2) is 29.4 Å². The van der Waals surface area contributed by atoms with Gasteiger partial charge in [0.2, 0.25) is 0 Å². The maximum absolute atomic E-state index is 11.2. The third kappa shape index (κ3) is 1.98. The van der Waals surface area contributed by atoms with E-state index in [1.165, 1.54) is 0 Å². The molecule has 0 radical (unpaired) electrons. The molecule has 0 saturated carbocycles. The van der Waals surface area contributed by atoms with E-state index >= 15 is 0 Å². The van der Waals surface area contributed by atoms with Gasteiger partial charge in [-0.1, -0.05) is 12.1 Å². The summed E-state index contributed by atoms with van der Waals surface area (Å²) >= 11 is 0. The van der Waals surface area contributed by atoms with Crippen molar-refractivity contribution in [1.29, 1.82) is 0 Å². The Morgan fingerprint density at radius 2 is 2.23 bits per heavy atom. The quantitative estimate of drug-likeness (QED) is 0.425. The molecule has 0 heterocycles. The Morgan fingerprint density at radius 3 is 2.85 bits per heavy atom. The fraction of sp³-hybridized carbons (Fsp3) is 0.125. The Kier molecular flexibility index (Phi) is 2.89. The van der Waals surface area contributed by atoms with E-state index in [9.17, 15) is 4.79 Å². The van der Waals surface area contributed by atoms with Gasteiger partial charge in [-0.05, 0) is 22.8 Å². The number of anilines is 1. The van der Waals surface area contributed by atoms with Crippen LogP contribution in [0.3, 0.4) is 0 Å². The van der Waals surface area contributed by atoms with E-state index in [2.05, 4.69) is 15.3 Å². The number of benzene rings is 1. The maximum atomic E-state index is 11.2. The minimum absolute atomic E-state index is 0.378. The highest BCUT2D eigenvalue weighted by molar-refractivity contribution is 6.00. The van der Waals surface area contributed by atoms with E-state index in [0.717, 1.165) is 0 Å². The molecule has 0 saturated heterocycles. The van der Waals surface area contributed by atoms with Gasteiger partial charge in [-0.3, -0.25) is 4.79 Å². The average Bonchev–Trinajstić information content (AvgIpc) is 2.18. The summed E-state index contributed by atoms with van der Waals surface area (Å²) in [5, 5.41) is 5.84. The number of amides is 1. The molecule has 66 valence electrons. The number of carbonyl (C=O) groups excluding carboxylic acids is 1. The first-order valence-corrected chi connectivity index (χ1v) is 3.66. The predicted molar refractivity (Wildman–Crippen MR) is 49.5 cm³/mol. The van der Waals surface area contributed by atoms with E-state index < -0.39 is 5.91 Å². The van der Waals surface area contributed by atoms with Gasteiger partial charge in [0.25, 0.3) is 5.91 Å². The fourth-order valence-electron chi connectivity index (χ4n) is 0.982. The van der Waals surface area contributed by atoms with Gasteiger partial charge in [0, 0.05) is 23.2 Å². The number of nitrogens with one attached hydrogen (secondary N) is 1. The summed E-state index contributed by atoms with van der Waals surface area (Å²) in [5.74, 6) is -0.576. The number of para-hydroxylation sites is 1. The molecule has 13 heavy (non-hydrogen) atoms. The highest BCUT2D eigenvalue weighted by Crippen LogP contribution is 2.14.